The van der Waals surface area contributed by atoms with Crippen LogP contribution in [-0.4, -0.2) is 21.8 Å². The number of aryl methyl sites for hydroxylation is 1. The first-order valence-corrected chi connectivity index (χ1v) is 13.7. The topological polar surface area (TPSA) is 98.3 Å². The van der Waals surface area contributed by atoms with Crippen LogP contribution in [-0.2, 0) is 29.0 Å². The number of pyridine rings is 2. The maximum atomic E-state index is 12.1. The van der Waals surface area contributed by atoms with E-state index >= 15 is 0 Å². The normalized spacial score (nSPS) is 10.0. The van der Waals surface area contributed by atoms with E-state index in [2.05, 4.69) is 33.2 Å². The smallest absolute Gasteiger partial charge is 0.235 e. The third kappa shape index (κ3) is 9.63. The summed E-state index contributed by atoms with van der Waals surface area (Å²) in [5, 5.41) is 4.51. The Bertz CT molecular complexity index is 1770. The highest BCUT2D eigenvalue weighted by Gasteiger charge is 2.05. The van der Waals surface area contributed by atoms with Gasteiger partial charge in [0.05, 0.1) is 6.54 Å². The molecule has 0 amide bonds. The second-order valence-corrected chi connectivity index (χ2v) is 9.63. The molecule has 2 heterocycles. The first-order chi connectivity index (χ1) is 20.6. The number of aromatic nitrogens is 2. The number of nitrogens with two attached hydrogens (primary N) is 1. The number of carbonyl (C=O) groups is 1. The highest BCUT2D eigenvalue weighted by molar-refractivity contribution is 5.86. The highest BCUT2D eigenvalue weighted by Crippen LogP contribution is 2.16. The van der Waals surface area contributed by atoms with Crippen LogP contribution in [0.1, 0.15) is 23.1 Å². The van der Waals surface area contributed by atoms with Crippen molar-refractivity contribution in [3.8, 4) is 0 Å². The Kier molecular flexibility index (Phi) is 11.2. The summed E-state index contributed by atoms with van der Waals surface area (Å²) in [7, 11) is 0. The van der Waals surface area contributed by atoms with Gasteiger partial charge in [-0.1, -0.05) is 84.9 Å². The Labute approximate surface area is 245 Å². The zero-order valence-electron chi connectivity index (χ0n) is 23.3. The van der Waals surface area contributed by atoms with Crippen molar-refractivity contribution in [3.05, 3.63) is 151 Å². The minimum absolute atomic E-state index is 0.284. The number of rotatable bonds is 7. The average Bonchev–Trinajstić information content (AvgIpc) is 3.04. The van der Waals surface area contributed by atoms with Gasteiger partial charge in [0, 0.05) is 54.1 Å². The molecule has 6 nitrogen and oxygen atoms in total. The molecule has 0 bridgehead atoms. The molecule has 0 aliphatic rings. The van der Waals surface area contributed by atoms with Crippen LogP contribution in [0.4, 0.5) is 5.69 Å². The van der Waals surface area contributed by atoms with Crippen molar-refractivity contribution in [2.75, 3.05) is 5.73 Å². The SMILES string of the molecule is Nc1ccc2cnccc2c1.O=C(CCc1ccccc1)Cc1ccc2cnccc2c1.O=C=NCc1ccccc1. The first-order valence-electron chi connectivity index (χ1n) is 13.7. The summed E-state index contributed by atoms with van der Waals surface area (Å²) in [6, 6.07) is 35.6. The van der Waals surface area contributed by atoms with E-state index < -0.39 is 0 Å². The van der Waals surface area contributed by atoms with E-state index in [9.17, 15) is 9.59 Å². The predicted molar refractivity (Wildman–Crippen MR) is 170 cm³/mol. The van der Waals surface area contributed by atoms with Crippen LogP contribution in [0, 0.1) is 0 Å². The molecule has 6 aromatic rings. The predicted octanol–water partition coefficient (Wildman–Crippen LogP) is 7.32. The van der Waals surface area contributed by atoms with Crippen LogP contribution in [0.15, 0.2) is 139 Å². The summed E-state index contributed by atoms with van der Waals surface area (Å²) in [6.45, 7) is 0.435. The van der Waals surface area contributed by atoms with E-state index in [4.69, 9.17) is 5.73 Å². The molecule has 0 aliphatic carbocycles. The molecule has 0 spiro atoms. The molecule has 0 saturated heterocycles. The lowest BCUT2D eigenvalue weighted by Crippen LogP contribution is -2.04. The molecule has 0 unspecified atom stereocenters. The van der Waals surface area contributed by atoms with Crippen molar-refractivity contribution in [1.82, 2.24) is 9.97 Å². The summed E-state index contributed by atoms with van der Waals surface area (Å²) in [4.78, 5) is 33.3. The number of fused-ring (bicyclic) bond motifs is 2. The number of nitrogens with zero attached hydrogens (tertiary/aromatic N) is 3. The number of isocyanates is 1. The second kappa shape index (κ2) is 16.0. The standard InChI is InChI=1S/C19H17NO.C9H8N2.C8H7NO/c21-19(9-7-15-4-2-1-3-5-15)13-16-6-8-18-14-20-11-10-17(18)12-16;10-9-2-1-8-6-11-4-3-7(8)5-9;10-7-9-6-8-4-2-1-3-5-8/h1-6,8,10-12,14H,7,9,13H2;1-6H,10H2;1-5H,6H2. The summed E-state index contributed by atoms with van der Waals surface area (Å²) < 4.78 is 0. The van der Waals surface area contributed by atoms with Gasteiger partial charge in [0.15, 0.2) is 0 Å². The molecule has 4 aromatic carbocycles. The van der Waals surface area contributed by atoms with Gasteiger partial charge in [0.2, 0.25) is 6.08 Å². The van der Waals surface area contributed by atoms with Gasteiger partial charge in [-0.2, -0.15) is 0 Å². The first kappa shape index (κ1) is 29.5. The van der Waals surface area contributed by atoms with Crippen LogP contribution in [0.5, 0.6) is 0 Å². The monoisotopic (exact) mass is 552 g/mol. The van der Waals surface area contributed by atoms with Crippen LogP contribution in [0.25, 0.3) is 21.5 Å². The Hall–Kier alpha value is -5.45. The van der Waals surface area contributed by atoms with Gasteiger partial charge >= 0.3 is 0 Å². The summed E-state index contributed by atoms with van der Waals surface area (Å²) in [6.07, 6.45) is 10.6. The third-order valence-corrected chi connectivity index (χ3v) is 6.48. The number of anilines is 1. The lowest BCUT2D eigenvalue weighted by Gasteiger charge is -2.04. The Morgan fingerprint density at radius 3 is 1.90 bits per heavy atom. The molecule has 0 atom stereocenters. The van der Waals surface area contributed by atoms with Gasteiger partial charge in [-0.25, -0.2) is 9.79 Å². The highest BCUT2D eigenvalue weighted by atomic mass is 16.1. The lowest BCUT2D eigenvalue weighted by atomic mass is 10.0. The van der Waals surface area contributed by atoms with Crippen molar-refractivity contribution in [1.29, 1.82) is 0 Å². The Balaban J connectivity index is 0.000000162. The fourth-order valence-corrected chi connectivity index (χ4v) is 4.30. The zero-order valence-corrected chi connectivity index (χ0v) is 23.3. The average molecular weight is 553 g/mol. The minimum Gasteiger partial charge on any atom is -0.399 e. The number of carbonyl (C=O) groups excluding carboxylic acids is 2. The van der Waals surface area contributed by atoms with E-state index in [0.29, 0.717) is 19.4 Å². The quantitative estimate of drug-likeness (QED) is 0.127. The zero-order chi connectivity index (χ0) is 29.4. The van der Waals surface area contributed by atoms with Crippen molar-refractivity contribution >= 4 is 39.1 Å². The summed E-state index contributed by atoms with van der Waals surface area (Å²) in [5.74, 6) is 0.284. The second-order valence-electron chi connectivity index (χ2n) is 9.63. The molecule has 208 valence electrons. The molecule has 0 fully saturated rings. The maximum Gasteiger partial charge on any atom is 0.235 e. The number of hydrogen-bond acceptors (Lipinski definition) is 6. The molecule has 0 aliphatic heterocycles. The van der Waals surface area contributed by atoms with Crippen molar-refractivity contribution < 1.29 is 9.59 Å². The van der Waals surface area contributed by atoms with E-state index in [0.717, 1.165) is 44.8 Å². The Morgan fingerprint density at radius 2 is 1.26 bits per heavy atom. The molecule has 2 aromatic heterocycles. The molecule has 0 radical (unpaired) electrons. The van der Waals surface area contributed by atoms with Crippen LogP contribution >= 0.6 is 0 Å². The van der Waals surface area contributed by atoms with Crippen LogP contribution in [0.3, 0.4) is 0 Å². The molecule has 42 heavy (non-hydrogen) atoms. The number of ketones is 1. The van der Waals surface area contributed by atoms with Gasteiger partial charge in [0.1, 0.15) is 5.78 Å². The number of Topliss-reactive ketones (excluding diaryl/α,β-unsaturated/α-hetero) is 1. The molecule has 6 heteroatoms. The van der Waals surface area contributed by atoms with Crippen LogP contribution in [0.2, 0.25) is 0 Å². The van der Waals surface area contributed by atoms with Crippen molar-refractivity contribution in [2.45, 2.75) is 25.8 Å². The molecule has 0 saturated carbocycles. The lowest BCUT2D eigenvalue weighted by molar-refractivity contribution is -0.118. The van der Waals surface area contributed by atoms with E-state index in [1.165, 1.54) is 11.6 Å². The minimum atomic E-state index is 0.284. The Morgan fingerprint density at radius 1 is 0.667 bits per heavy atom. The maximum absolute atomic E-state index is 12.1. The molecule has 2 N–H and O–H groups in total. The molecular formula is C36H32N4O2. The van der Waals surface area contributed by atoms with Gasteiger partial charge in [0.25, 0.3) is 0 Å². The van der Waals surface area contributed by atoms with E-state index in [1.807, 2.05) is 103 Å². The van der Waals surface area contributed by atoms with Gasteiger partial charge in [-0.05, 0) is 58.1 Å². The van der Waals surface area contributed by atoms with E-state index in [1.54, 1.807) is 12.4 Å². The fourth-order valence-electron chi connectivity index (χ4n) is 4.30. The number of hydrogen-bond donors (Lipinski definition) is 1. The molecular weight excluding hydrogens is 520 g/mol. The third-order valence-electron chi connectivity index (χ3n) is 6.48. The van der Waals surface area contributed by atoms with E-state index in [-0.39, 0.29) is 5.78 Å². The van der Waals surface area contributed by atoms with Gasteiger partial charge in [-0.15, -0.1) is 0 Å². The number of nitrogen functional groups attached to an aromatic ring is 1. The summed E-state index contributed by atoms with van der Waals surface area (Å²) in [5.41, 5.74) is 9.73. The number of benzene rings is 4. The van der Waals surface area contributed by atoms with Crippen LogP contribution < -0.4 is 5.73 Å². The largest absolute Gasteiger partial charge is 0.399 e. The van der Waals surface area contributed by atoms with Crippen molar-refractivity contribution in [3.63, 3.8) is 0 Å². The number of aliphatic imine (C=N–C) groups is 1. The summed E-state index contributed by atoms with van der Waals surface area (Å²) >= 11 is 0. The fraction of sp³-hybridized carbons (Fsp3) is 0.111. The van der Waals surface area contributed by atoms with Crippen molar-refractivity contribution in [2.24, 2.45) is 4.99 Å². The van der Waals surface area contributed by atoms with Gasteiger partial charge in [-0.3, -0.25) is 14.8 Å². The van der Waals surface area contributed by atoms with Gasteiger partial charge < -0.3 is 5.73 Å². The molecule has 6 rings (SSSR count).